The van der Waals surface area contributed by atoms with Gasteiger partial charge in [-0.1, -0.05) is 38.1 Å². The van der Waals surface area contributed by atoms with Crippen molar-refractivity contribution in [3.8, 4) is 11.5 Å². The minimum atomic E-state index is -0.635. The molecule has 2 rings (SSSR count). The zero-order valence-electron chi connectivity index (χ0n) is 19.3. The lowest BCUT2D eigenvalue weighted by Gasteiger charge is -2.29. The summed E-state index contributed by atoms with van der Waals surface area (Å²) in [6, 6.07) is 14.5. The van der Waals surface area contributed by atoms with Crippen LogP contribution in [0.15, 0.2) is 48.5 Å². The van der Waals surface area contributed by atoms with E-state index >= 15 is 0 Å². The summed E-state index contributed by atoms with van der Waals surface area (Å²) in [6.07, 6.45) is 0. The number of methoxy groups -OCH3 is 1. The Labute approximate surface area is 185 Å². The van der Waals surface area contributed by atoms with Gasteiger partial charge in [-0.3, -0.25) is 9.59 Å². The first-order valence-corrected chi connectivity index (χ1v) is 10.7. The highest BCUT2D eigenvalue weighted by atomic mass is 16.5. The van der Waals surface area contributed by atoms with Crippen LogP contribution in [-0.4, -0.2) is 42.5 Å². The Bertz CT molecular complexity index is 845. The molecule has 2 aromatic carbocycles. The van der Waals surface area contributed by atoms with Crippen molar-refractivity contribution >= 4 is 11.8 Å². The molecule has 1 atom stereocenters. The number of benzene rings is 2. The van der Waals surface area contributed by atoms with Crippen molar-refractivity contribution in [3.63, 3.8) is 0 Å². The van der Waals surface area contributed by atoms with Crippen LogP contribution in [0.3, 0.4) is 0 Å². The molecule has 0 aromatic heterocycles. The van der Waals surface area contributed by atoms with E-state index in [4.69, 9.17) is 9.47 Å². The lowest BCUT2D eigenvalue weighted by atomic mass is 10.0. The maximum absolute atomic E-state index is 13.0. The molecular weight excluding hydrogens is 392 g/mol. The number of hydrogen-bond donors (Lipinski definition) is 1. The van der Waals surface area contributed by atoms with E-state index in [0.717, 1.165) is 11.3 Å². The number of nitrogens with one attached hydrogen (secondary N) is 1. The van der Waals surface area contributed by atoms with Crippen LogP contribution in [0.1, 0.15) is 51.7 Å². The standard InChI is InChI=1S/C25H34N2O4/c1-17(2)21-9-13-23(14-10-21)31-16-24(28)27(19(5)25(29)26-18(3)4)15-20-7-11-22(30-6)12-8-20/h7-14,17-19H,15-16H2,1-6H3,(H,26,29)/t19-/m0/s1. The molecular formula is C25H34N2O4. The molecule has 6 nitrogen and oxygen atoms in total. The van der Waals surface area contributed by atoms with Gasteiger partial charge < -0.3 is 19.7 Å². The third-order valence-corrected chi connectivity index (χ3v) is 5.02. The molecule has 2 amide bonds. The fourth-order valence-corrected chi connectivity index (χ4v) is 3.09. The van der Waals surface area contributed by atoms with Crippen molar-refractivity contribution in [1.82, 2.24) is 10.2 Å². The molecule has 2 aromatic rings. The SMILES string of the molecule is COc1ccc(CN(C(=O)COc2ccc(C(C)C)cc2)[C@@H](C)C(=O)NC(C)C)cc1. The van der Waals surface area contributed by atoms with Crippen LogP contribution in [-0.2, 0) is 16.1 Å². The highest BCUT2D eigenvalue weighted by Gasteiger charge is 2.27. The molecule has 0 radical (unpaired) electrons. The number of hydrogen-bond acceptors (Lipinski definition) is 4. The van der Waals surface area contributed by atoms with E-state index in [1.54, 1.807) is 18.9 Å². The molecule has 0 aliphatic heterocycles. The van der Waals surface area contributed by atoms with Gasteiger partial charge >= 0.3 is 0 Å². The van der Waals surface area contributed by atoms with Gasteiger partial charge in [0.2, 0.25) is 5.91 Å². The molecule has 0 saturated carbocycles. The first-order valence-electron chi connectivity index (χ1n) is 10.7. The lowest BCUT2D eigenvalue weighted by Crippen LogP contribution is -2.50. The first kappa shape index (κ1) is 24.3. The van der Waals surface area contributed by atoms with Crippen molar-refractivity contribution in [2.24, 2.45) is 0 Å². The largest absolute Gasteiger partial charge is 0.497 e. The average Bonchev–Trinajstić information content (AvgIpc) is 2.75. The Morgan fingerprint density at radius 1 is 0.903 bits per heavy atom. The highest BCUT2D eigenvalue weighted by Crippen LogP contribution is 2.19. The third-order valence-electron chi connectivity index (χ3n) is 5.02. The summed E-state index contributed by atoms with van der Waals surface area (Å²) in [6.45, 7) is 9.92. The fraction of sp³-hybridized carbons (Fsp3) is 0.440. The lowest BCUT2D eigenvalue weighted by molar-refractivity contribution is -0.142. The predicted molar refractivity (Wildman–Crippen MR) is 122 cm³/mol. The molecule has 0 aliphatic carbocycles. The van der Waals surface area contributed by atoms with Crippen molar-refractivity contribution < 1.29 is 19.1 Å². The van der Waals surface area contributed by atoms with E-state index in [-0.39, 0.29) is 24.5 Å². The molecule has 0 heterocycles. The van der Waals surface area contributed by atoms with Gasteiger partial charge in [0.15, 0.2) is 6.61 Å². The molecule has 1 N–H and O–H groups in total. The Kier molecular flexibility index (Phi) is 8.91. The molecule has 168 valence electrons. The third kappa shape index (κ3) is 7.31. The van der Waals surface area contributed by atoms with Gasteiger partial charge in [0.05, 0.1) is 7.11 Å². The Morgan fingerprint density at radius 2 is 1.48 bits per heavy atom. The number of nitrogens with zero attached hydrogens (tertiary/aromatic N) is 1. The van der Waals surface area contributed by atoms with E-state index in [9.17, 15) is 9.59 Å². The summed E-state index contributed by atoms with van der Waals surface area (Å²) in [4.78, 5) is 27.2. The van der Waals surface area contributed by atoms with E-state index in [2.05, 4.69) is 19.2 Å². The minimum absolute atomic E-state index is 0.0105. The average molecular weight is 427 g/mol. The maximum Gasteiger partial charge on any atom is 0.261 e. The normalized spacial score (nSPS) is 11.9. The number of carbonyl (C=O) groups excluding carboxylic acids is 2. The van der Waals surface area contributed by atoms with Crippen molar-refractivity contribution in [3.05, 3.63) is 59.7 Å². The number of amides is 2. The summed E-state index contributed by atoms with van der Waals surface area (Å²) in [5, 5.41) is 2.88. The molecule has 31 heavy (non-hydrogen) atoms. The van der Waals surface area contributed by atoms with Crippen LogP contribution in [0.2, 0.25) is 0 Å². The van der Waals surface area contributed by atoms with E-state index in [1.807, 2.05) is 62.4 Å². The Morgan fingerprint density at radius 3 is 2.00 bits per heavy atom. The highest BCUT2D eigenvalue weighted by molar-refractivity contribution is 5.88. The number of ether oxygens (including phenoxy) is 2. The van der Waals surface area contributed by atoms with Crippen molar-refractivity contribution in [2.75, 3.05) is 13.7 Å². The second-order valence-corrected chi connectivity index (χ2v) is 8.22. The summed E-state index contributed by atoms with van der Waals surface area (Å²) in [5.41, 5.74) is 2.11. The summed E-state index contributed by atoms with van der Waals surface area (Å²) in [5.74, 6) is 1.34. The van der Waals surface area contributed by atoms with Crippen LogP contribution in [0.25, 0.3) is 0 Å². The van der Waals surface area contributed by atoms with Crippen LogP contribution in [0.5, 0.6) is 11.5 Å². The van der Waals surface area contributed by atoms with Crippen molar-refractivity contribution in [2.45, 2.75) is 59.2 Å². The summed E-state index contributed by atoms with van der Waals surface area (Å²) < 4.78 is 10.9. The number of carbonyl (C=O) groups is 2. The molecule has 0 aliphatic rings. The fourth-order valence-electron chi connectivity index (χ4n) is 3.09. The molecule has 0 saturated heterocycles. The van der Waals surface area contributed by atoms with Crippen LogP contribution < -0.4 is 14.8 Å². The smallest absolute Gasteiger partial charge is 0.261 e. The zero-order valence-corrected chi connectivity index (χ0v) is 19.3. The van der Waals surface area contributed by atoms with Gasteiger partial charge in [0.25, 0.3) is 5.91 Å². The van der Waals surface area contributed by atoms with Gasteiger partial charge in [-0.05, 0) is 62.1 Å². The second-order valence-electron chi connectivity index (χ2n) is 8.22. The predicted octanol–water partition coefficient (Wildman–Crippen LogP) is 4.14. The Balaban J connectivity index is 2.12. The monoisotopic (exact) mass is 426 g/mol. The van der Waals surface area contributed by atoms with Gasteiger partial charge in [-0.15, -0.1) is 0 Å². The maximum atomic E-state index is 13.0. The quantitative estimate of drug-likeness (QED) is 0.620. The van der Waals surface area contributed by atoms with Crippen LogP contribution >= 0.6 is 0 Å². The van der Waals surface area contributed by atoms with Crippen LogP contribution in [0, 0.1) is 0 Å². The molecule has 0 bridgehead atoms. The summed E-state index contributed by atoms with van der Waals surface area (Å²) >= 11 is 0. The molecule has 6 heteroatoms. The van der Waals surface area contributed by atoms with Gasteiger partial charge in [-0.25, -0.2) is 0 Å². The topological polar surface area (TPSA) is 67.9 Å². The minimum Gasteiger partial charge on any atom is -0.497 e. The number of rotatable bonds is 10. The zero-order chi connectivity index (χ0) is 23.0. The molecule has 0 spiro atoms. The van der Waals surface area contributed by atoms with Gasteiger partial charge in [0.1, 0.15) is 17.5 Å². The van der Waals surface area contributed by atoms with Crippen molar-refractivity contribution in [1.29, 1.82) is 0 Å². The van der Waals surface area contributed by atoms with E-state index in [1.165, 1.54) is 5.56 Å². The summed E-state index contributed by atoms with van der Waals surface area (Å²) in [7, 11) is 1.61. The Hall–Kier alpha value is -3.02. The van der Waals surface area contributed by atoms with Gasteiger partial charge in [0, 0.05) is 12.6 Å². The molecule has 0 fully saturated rings. The molecule has 0 unspecified atom stereocenters. The van der Waals surface area contributed by atoms with Gasteiger partial charge in [-0.2, -0.15) is 0 Å². The second kappa shape index (κ2) is 11.4. The van der Waals surface area contributed by atoms with E-state index < -0.39 is 6.04 Å². The van der Waals surface area contributed by atoms with Crippen LogP contribution in [0.4, 0.5) is 0 Å². The first-order chi connectivity index (χ1) is 14.7. The van der Waals surface area contributed by atoms with E-state index in [0.29, 0.717) is 18.2 Å².